The number of rotatable bonds is 8. The summed E-state index contributed by atoms with van der Waals surface area (Å²) in [6, 6.07) is 22.0. The lowest BCUT2D eigenvalue weighted by Crippen LogP contribution is -2.39. The molecule has 0 N–H and O–H groups in total. The minimum Gasteiger partial charge on any atom is -0.487 e. The van der Waals surface area contributed by atoms with Crippen LogP contribution in [0, 0.1) is 7.14 Å². The zero-order chi connectivity index (χ0) is 31.7. The molecule has 0 unspecified atom stereocenters. The molecule has 12 heteroatoms. The van der Waals surface area contributed by atoms with E-state index in [4.69, 9.17) is 37.7 Å². The van der Waals surface area contributed by atoms with E-state index in [0.29, 0.717) is 30.6 Å². The molecular weight excluding hydrogens is 877 g/mol. The van der Waals surface area contributed by atoms with Gasteiger partial charge in [0.25, 0.3) is 5.56 Å². The summed E-state index contributed by atoms with van der Waals surface area (Å²) in [5, 5.41) is 3.05. The van der Waals surface area contributed by atoms with Crippen molar-refractivity contribution in [3.8, 4) is 5.75 Å². The van der Waals surface area contributed by atoms with Crippen molar-refractivity contribution >= 4 is 109 Å². The van der Waals surface area contributed by atoms with Crippen LogP contribution in [0.25, 0.3) is 11.8 Å². The van der Waals surface area contributed by atoms with E-state index in [9.17, 15) is 9.59 Å². The lowest BCUT2D eigenvalue weighted by molar-refractivity contribution is -0.138. The highest BCUT2D eigenvalue weighted by molar-refractivity contribution is 14.1. The maximum Gasteiger partial charge on any atom is 0.338 e. The van der Waals surface area contributed by atoms with Gasteiger partial charge in [0, 0.05) is 26.0 Å². The van der Waals surface area contributed by atoms with Gasteiger partial charge >= 0.3 is 5.97 Å². The Labute approximate surface area is 303 Å². The van der Waals surface area contributed by atoms with Gasteiger partial charge in [-0.25, -0.2) is 9.79 Å². The summed E-state index contributed by atoms with van der Waals surface area (Å²) < 4.78 is 15.6. The van der Waals surface area contributed by atoms with E-state index in [1.165, 1.54) is 22.7 Å². The number of aromatic nitrogens is 1. The van der Waals surface area contributed by atoms with E-state index in [1.807, 2.05) is 72.1 Å². The predicted octanol–water partition coefficient (Wildman–Crippen LogP) is 8.09. The summed E-state index contributed by atoms with van der Waals surface area (Å²) in [4.78, 5) is 33.9. The second kappa shape index (κ2) is 14.1. The first kappa shape index (κ1) is 32.5. The van der Waals surface area contributed by atoms with Crippen LogP contribution >= 0.6 is 91.1 Å². The largest absolute Gasteiger partial charge is 0.487 e. The van der Waals surface area contributed by atoms with Gasteiger partial charge in [0.05, 0.1) is 29.5 Å². The van der Waals surface area contributed by atoms with Gasteiger partial charge in [-0.15, -0.1) is 11.3 Å². The quantitative estimate of drug-likeness (QED) is 0.117. The number of thiazole rings is 1. The molecule has 0 saturated heterocycles. The van der Waals surface area contributed by atoms with Gasteiger partial charge < -0.3 is 9.47 Å². The average molecular weight is 899 g/mol. The summed E-state index contributed by atoms with van der Waals surface area (Å²) in [5.41, 5.74) is 3.07. The van der Waals surface area contributed by atoms with Crippen molar-refractivity contribution in [3.63, 3.8) is 0 Å². The molecule has 0 radical (unpaired) electrons. The number of esters is 1. The fraction of sp³-hybridized carbons (Fsp3) is 0.121. The number of hydrogen-bond donors (Lipinski definition) is 0. The highest BCUT2D eigenvalue weighted by Crippen LogP contribution is 2.37. The Balaban J connectivity index is 1.44. The Morgan fingerprint density at radius 2 is 1.80 bits per heavy atom. The molecule has 45 heavy (non-hydrogen) atoms. The average Bonchev–Trinajstić information content (AvgIpc) is 3.66. The molecule has 0 amide bonds. The fourth-order valence-electron chi connectivity index (χ4n) is 4.90. The maximum absolute atomic E-state index is 14.1. The van der Waals surface area contributed by atoms with Crippen LogP contribution in [0.15, 0.2) is 93.5 Å². The first-order valence-corrected chi connectivity index (χ1v) is 18.2. The lowest BCUT2D eigenvalue weighted by atomic mass is 9.97. The van der Waals surface area contributed by atoms with Crippen molar-refractivity contribution in [2.24, 2.45) is 4.99 Å². The number of halogens is 4. The van der Waals surface area contributed by atoms with E-state index < -0.39 is 12.0 Å². The number of fused-ring (bicyclic) bond motifs is 1. The molecule has 0 aliphatic carbocycles. The minimum absolute atomic E-state index is 0.204. The number of nitrogens with zero attached hydrogens (tertiary/aromatic N) is 2. The van der Waals surface area contributed by atoms with Crippen molar-refractivity contribution in [1.82, 2.24) is 4.57 Å². The number of hydrogen-bond acceptors (Lipinski definition) is 7. The maximum atomic E-state index is 14.1. The van der Waals surface area contributed by atoms with E-state index in [1.54, 1.807) is 23.6 Å². The smallest absolute Gasteiger partial charge is 0.338 e. The third kappa shape index (κ3) is 6.82. The van der Waals surface area contributed by atoms with Gasteiger partial charge in [-0.2, -0.15) is 0 Å². The third-order valence-corrected chi connectivity index (χ3v) is 11.0. The number of carbonyl (C=O) groups is 1. The second-order valence-electron chi connectivity index (χ2n) is 9.78. The molecule has 0 spiro atoms. The number of thiophene rings is 1. The summed E-state index contributed by atoms with van der Waals surface area (Å²) in [5.74, 6) is 0.234. The van der Waals surface area contributed by atoms with Crippen LogP contribution in [0.1, 0.15) is 34.5 Å². The lowest BCUT2D eigenvalue weighted by Gasteiger charge is -2.24. The van der Waals surface area contributed by atoms with Gasteiger partial charge in [-0.05, 0) is 99.5 Å². The monoisotopic (exact) mass is 898 g/mol. The molecule has 6 nitrogen and oxygen atoms in total. The van der Waals surface area contributed by atoms with Gasteiger partial charge in [0.15, 0.2) is 4.80 Å². The molecular formula is C33H22Cl2I2N2O4S2. The first-order valence-electron chi connectivity index (χ1n) is 13.6. The van der Waals surface area contributed by atoms with E-state index in [-0.39, 0.29) is 18.8 Å². The van der Waals surface area contributed by atoms with Gasteiger partial charge in [-0.3, -0.25) is 9.36 Å². The predicted molar refractivity (Wildman–Crippen MR) is 198 cm³/mol. The number of ether oxygens (including phenoxy) is 2. The normalized spacial score (nSPS) is 14.7. The molecule has 3 aromatic carbocycles. The van der Waals surface area contributed by atoms with Crippen LogP contribution in [-0.4, -0.2) is 17.1 Å². The topological polar surface area (TPSA) is 69.9 Å². The van der Waals surface area contributed by atoms with Crippen LogP contribution in [0.3, 0.4) is 0 Å². The summed E-state index contributed by atoms with van der Waals surface area (Å²) in [6.07, 6.45) is 1.86. The Morgan fingerprint density at radius 1 is 1.04 bits per heavy atom. The third-order valence-electron chi connectivity index (χ3n) is 6.89. The molecule has 6 rings (SSSR count). The Morgan fingerprint density at radius 3 is 2.47 bits per heavy atom. The molecule has 2 aromatic heterocycles. The van der Waals surface area contributed by atoms with E-state index in [2.05, 4.69) is 45.2 Å². The molecule has 228 valence electrons. The summed E-state index contributed by atoms with van der Waals surface area (Å²) in [7, 11) is 0. The van der Waals surface area contributed by atoms with Crippen LogP contribution in [0.4, 0.5) is 0 Å². The van der Waals surface area contributed by atoms with Crippen molar-refractivity contribution in [3.05, 3.63) is 142 Å². The fourth-order valence-corrected chi connectivity index (χ4v) is 9.31. The highest BCUT2D eigenvalue weighted by Gasteiger charge is 2.35. The van der Waals surface area contributed by atoms with Crippen LogP contribution in [0.2, 0.25) is 10.0 Å². The summed E-state index contributed by atoms with van der Waals surface area (Å²) >= 11 is 19.6. The first-order chi connectivity index (χ1) is 21.7. The Hall–Kier alpha value is -2.49. The molecule has 0 saturated carbocycles. The van der Waals surface area contributed by atoms with Crippen molar-refractivity contribution in [2.75, 3.05) is 6.61 Å². The molecule has 0 bridgehead atoms. The molecule has 1 aliphatic rings. The molecule has 1 atom stereocenters. The Bertz CT molecular complexity index is 2100. The zero-order valence-corrected chi connectivity index (χ0v) is 30.9. The SMILES string of the molecule is CCOC(=O)C1=C(c2ccccc2)N=c2s/c(=C\c3cc(I)c(OCc4ccc(Cl)cc4Cl)c(I)c3)c(=O)n2[C@@H]1c1cccs1. The minimum atomic E-state index is -0.673. The van der Waals surface area contributed by atoms with Crippen LogP contribution in [0.5, 0.6) is 5.75 Å². The zero-order valence-electron chi connectivity index (χ0n) is 23.4. The van der Waals surface area contributed by atoms with Crippen LogP contribution < -0.4 is 19.6 Å². The van der Waals surface area contributed by atoms with Gasteiger partial charge in [-0.1, -0.05) is 77.0 Å². The Kier molecular flexibility index (Phi) is 10.2. The standard InChI is InChI=1S/C33H22Cl2I2N2O4S2/c1-2-42-32(41)27-28(19-7-4-3-5-8-19)38-33-39(29(27)25-9-6-12-44-25)31(40)26(45-33)15-18-13-23(36)30(24(37)14-18)43-17-20-10-11-21(34)16-22(20)35/h3-16,29H,2,17H2,1H3/b26-15-/t29-/m1/s1. The van der Waals surface area contributed by atoms with E-state index >= 15 is 0 Å². The molecule has 5 aromatic rings. The highest BCUT2D eigenvalue weighted by atomic mass is 127. The molecule has 0 fully saturated rings. The second-order valence-corrected chi connectivity index (χ2v) is 14.9. The van der Waals surface area contributed by atoms with Crippen molar-refractivity contribution in [1.29, 1.82) is 0 Å². The molecule has 3 heterocycles. The number of benzene rings is 3. The number of carbonyl (C=O) groups excluding carboxylic acids is 1. The van der Waals surface area contributed by atoms with Crippen LogP contribution in [-0.2, 0) is 16.1 Å². The van der Waals surface area contributed by atoms with Crippen molar-refractivity contribution in [2.45, 2.75) is 19.6 Å². The van der Waals surface area contributed by atoms with E-state index in [0.717, 1.165) is 34.5 Å². The molecule has 1 aliphatic heterocycles. The van der Waals surface area contributed by atoms with Gasteiger partial charge in [0.1, 0.15) is 18.4 Å². The van der Waals surface area contributed by atoms with Gasteiger partial charge in [0.2, 0.25) is 0 Å². The van der Waals surface area contributed by atoms with Crippen molar-refractivity contribution < 1.29 is 14.3 Å². The summed E-state index contributed by atoms with van der Waals surface area (Å²) in [6.45, 7) is 2.26.